The van der Waals surface area contributed by atoms with Gasteiger partial charge in [-0.1, -0.05) is 28.1 Å². The van der Waals surface area contributed by atoms with Crippen molar-refractivity contribution < 1.29 is 8.78 Å². The molecule has 0 bridgehead atoms. The molecule has 0 saturated heterocycles. The van der Waals surface area contributed by atoms with Gasteiger partial charge < -0.3 is 5.32 Å². The van der Waals surface area contributed by atoms with E-state index in [1.54, 1.807) is 0 Å². The first-order chi connectivity index (χ1) is 8.56. The van der Waals surface area contributed by atoms with Crippen molar-refractivity contribution in [3.05, 3.63) is 64.1 Å². The fourth-order valence-corrected chi connectivity index (χ4v) is 1.94. The van der Waals surface area contributed by atoms with Crippen LogP contribution in [0.25, 0.3) is 0 Å². The van der Waals surface area contributed by atoms with Gasteiger partial charge in [0.15, 0.2) is 0 Å². The van der Waals surface area contributed by atoms with Gasteiger partial charge in [-0.25, -0.2) is 8.78 Å². The van der Waals surface area contributed by atoms with Crippen LogP contribution in [0, 0.1) is 11.6 Å². The maximum absolute atomic E-state index is 13.5. The van der Waals surface area contributed by atoms with Gasteiger partial charge in [0.25, 0.3) is 0 Å². The SMILES string of the molecule is CC(Nc1cc(F)ccc1F)c1ccc(Br)cc1. The number of rotatable bonds is 3. The largest absolute Gasteiger partial charge is 0.376 e. The quantitative estimate of drug-likeness (QED) is 0.850. The Bertz CT molecular complexity index is 540. The number of benzene rings is 2. The Labute approximate surface area is 113 Å². The molecule has 1 nitrogen and oxygen atoms in total. The molecule has 2 aromatic rings. The van der Waals surface area contributed by atoms with E-state index in [0.717, 1.165) is 28.2 Å². The summed E-state index contributed by atoms with van der Waals surface area (Å²) in [5.41, 5.74) is 1.17. The Morgan fingerprint density at radius 3 is 2.39 bits per heavy atom. The minimum absolute atomic E-state index is 0.102. The van der Waals surface area contributed by atoms with Gasteiger partial charge in [0.1, 0.15) is 11.6 Å². The van der Waals surface area contributed by atoms with Crippen LogP contribution in [0.5, 0.6) is 0 Å². The van der Waals surface area contributed by atoms with Crippen molar-refractivity contribution in [3.63, 3.8) is 0 Å². The van der Waals surface area contributed by atoms with E-state index in [1.165, 1.54) is 0 Å². The van der Waals surface area contributed by atoms with Gasteiger partial charge in [-0.3, -0.25) is 0 Å². The van der Waals surface area contributed by atoms with Crippen molar-refractivity contribution in [2.75, 3.05) is 5.32 Å². The van der Waals surface area contributed by atoms with E-state index in [1.807, 2.05) is 31.2 Å². The van der Waals surface area contributed by atoms with Crippen LogP contribution in [0.15, 0.2) is 46.9 Å². The van der Waals surface area contributed by atoms with E-state index in [4.69, 9.17) is 0 Å². The van der Waals surface area contributed by atoms with Crippen LogP contribution < -0.4 is 5.32 Å². The summed E-state index contributed by atoms with van der Waals surface area (Å²) < 4.78 is 27.5. The van der Waals surface area contributed by atoms with Crippen molar-refractivity contribution in [2.45, 2.75) is 13.0 Å². The summed E-state index contributed by atoms with van der Waals surface area (Å²) >= 11 is 3.35. The van der Waals surface area contributed by atoms with Crippen molar-refractivity contribution in [1.82, 2.24) is 0 Å². The zero-order valence-corrected chi connectivity index (χ0v) is 11.3. The Balaban J connectivity index is 2.18. The van der Waals surface area contributed by atoms with E-state index in [-0.39, 0.29) is 11.7 Å². The molecule has 0 aliphatic heterocycles. The van der Waals surface area contributed by atoms with Crippen LogP contribution in [0.2, 0.25) is 0 Å². The molecule has 4 heteroatoms. The van der Waals surface area contributed by atoms with Gasteiger partial charge in [0, 0.05) is 10.5 Å². The van der Waals surface area contributed by atoms with Gasteiger partial charge in [-0.05, 0) is 42.8 Å². The Hall–Kier alpha value is -1.42. The van der Waals surface area contributed by atoms with Crippen LogP contribution in [0.3, 0.4) is 0 Å². The van der Waals surface area contributed by atoms with Crippen LogP contribution in [-0.4, -0.2) is 0 Å². The third kappa shape index (κ3) is 3.07. The topological polar surface area (TPSA) is 12.0 Å². The molecule has 0 aliphatic rings. The van der Waals surface area contributed by atoms with Gasteiger partial charge in [0.2, 0.25) is 0 Å². The normalized spacial score (nSPS) is 12.2. The van der Waals surface area contributed by atoms with E-state index < -0.39 is 11.6 Å². The standard InChI is InChI=1S/C14H12BrF2N/c1-9(10-2-4-11(15)5-3-10)18-14-8-12(16)6-7-13(14)17/h2-9,18H,1H3. The molecule has 0 radical (unpaired) electrons. The molecule has 0 aliphatic carbocycles. The molecule has 0 saturated carbocycles. The van der Waals surface area contributed by atoms with Crippen LogP contribution in [0.1, 0.15) is 18.5 Å². The maximum Gasteiger partial charge on any atom is 0.146 e. The molecule has 94 valence electrons. The first-order valence-electron chi connectivity index (χ1n) is 5.53. The Kier molecular flexibility index (Phi) is 3.97. The van der Waals surface area contributed by atoms with Crippen molar-refractivity contribution in [2.24, 2.45) is 0 Å². The highest BCUT2D eigenvalue weighted by atomic mass is 79.9. The third-order valence-corrected chi connectivity index (χ3v) is 3.20. The lowest BCUT2D eigenvalue weighted by Crippen LogP contribution is -2.08. The molecule has 2 rings (SSSR count). The monoisotopic (exact) mass is 311 g/mol. The fraction of sp³-hybridized carbons (Fsp3) is 0.143. The van der Waals surface area contributed by atoms with Gasteiger partial charge in [-0.15, -0.1) is 0 Å². The van der Waals surface area contributed by atoms with Crippen molar-refractivity contribution in [1.29, 1.82) is 0 Å². The molecule has 18 heavy (non-hydrogen) atoms. The second-order valence-corrected chi connectivity index (χ2v) is 4.96. The number of hydrogen-bond donors (Lipinski definition) is 1. The molecule has 2 aromatic carbocycles. The molecule has 0 heterocycles. The minimum Gasteiger partial charge on any atom is -0.376 e. The minimum atomic E-state index is -0.458. The molecule has 0 aromatic heterocycles. The Morgan fingerprint density at radius 2 is 1.72 bits per heavy atom. The number of halogens is 3. The predicted octanol–water partition coefficient (Wildman–Crippen LogP) is 4.90. The Morgan fingerprint density at radius 1 is 1.06 bits per heavy atom. The van der Waals surface area contributed by atoms with E-state index in [9.17, 15) is 8.78 Å². The number of hydrogen-bond acceptors (Lipinski definition) is 1. The first-order valence-corrected chi connectivity index (χ1v) is 6.32. The van der Waals surface area contributed by atoms with Gasteiger partial charge in [0.05, 0.1) is 5.69 Å². The lowest BCUT2D eigenvalue weighted by Gasteiger charge is -2.16. The lowest BCUT2D eigenvalue weighted by atomic mass is 10.1. The van der Waals surface area contributed by atoms with E-state index >= 15 is 0 Å². The van der Waals surface area contributed by atoms with Crippen molar-refractivity contribution in [3.8, 4) is 0 Å². The summed E-state index contributed by atoms with van der Waals surface area (Å²) in [5, 5.41) is 2.96. The maximum atomic E-state index is 13.5. The second-order valence-electron chi connectivity index (χ2n) is 4.04. The van der Waals surface area contributed by atoms with E-state index in [0.29, 0.717) is 0 Å². The average molecular weight is 312 g/mol. The first kappa shape index (κ1) is 13.0. The summed E-state index contributed by atoms with van der Waals surface area (Å²) in [6.07, 6.45) is 0. The predicted molar refractivity (Wildman–Crippen MR) is 72.5 cm³/mol. The molecule has 1 atom stereocenters. The molecule has 0 spiro atoms. The van der Waals surface area contributed by atoms with Gasteiger partial charge >= 0.3 is 0 Å². The molecule has 1 N–H and O–H groups in total. The van der Waals surface area contributed by atoms with Gasteiger partial charge in [-0.2, -0.15) is 0 Å². The summed E-state index contributed by atoms with van der Waals surface area (Å²) in [5.74, 6) is -0.915. The number of nitrogens with one attached hydrogen (secondary N) is 1. The fourth-order valence-electron chi connectivity index (χ4n) is 1.68. The lowest BCUT2D eigenvalue weighted by molar-refractivity contribution is 0.600. The smallest absolute Gasteiger partial charge is 0.146 e. The average Bonchev–Trinajstić information content (AvgIpc) is 2.34. The summed E-state index contributed by atoms with van der Waals surface area (Å²) in [6.45, 7) is 1.90. The molecular formula is C14H12BrF2N. The van der Waals surface area contributed by atoms with Crippen LogP contribution in [0.4, 0.5) is 14.5 Å². The highest BCUT2D eigenvalue weighted by molar-refractivity contribution is 9.10. The highest BCUT2D eigenvalue weighted by Crippen LogP contribution is 2.23. The zero-order chi connectivity index (χ0) is 13.1. The zero-order valence-electron chi connectivity index (χ0n) is 9.75. The molecule has 0 amide bonds. The molecule has 1 unspecified atom stereocenters. The highest BCUT2D eigenvalue weighted by Gasteiger charge is 2.09. The third-order valence-electron chi connectivity index (χ3n) is 2.67. The summed E-state index contributed by atoms with van der Waals surface area (Å²) in [6, 6.07) is 11.0. The second kappa shape index (κ2) is 5.48. The number of anilines is 1. The summed E-state index contributed by atoms with van der Waals surface area (Å²) in [4.78, 5) is 0. The molecular weight excluding hydrogens is 300 g/mol. The van der Waals surface area contributed by atoms with Crippen LogP contribution >= 0.6 is 15.9 Å². The van der Waals surface area contributed by atoms with E-state index in [2.05, 4.69) is 21.2 Å². The van der Waals surface area contributed by atoms with Crippen molar-refractivity contribution >= 4 is 21.6 Å². The molecule has 0 fully saturated rings. The van der Waals surface area contributed by atoms with Crippen LogP contribution in [-0.2, 0) is 0 Å². The summed E-state index contributed by atoms with van der Waals surface area (Å²) in [7, 11) is 0.